The average molecular weight is 242 g/mol. The molecular formula is C16H18O2. The topological polar surface area (TPSA) is 26.3 Å². The molecule has 94 valence electrons. The molecule has 0 bridgehead atoms. The molecule has 0 N–H and O–H groups in total. The lowest BCUT2D eigenvalue weighted by Crippen LogP contribution is -2.24. The van der Waals surface area contributed by atoms with Crippen LogP contribution in [0.1, 0.15) is 29.8 Å². The summed E-state index contributed by atoms with van der Waals surface area (Å²) in [5.41, 5.74) is 2.95. The summed E-state index contributed by atoms with van der Waals surface area (Å²) in [6, 6.07) is 7.44. The summed E-state index contributed by atoms with van der Waals surface area (Å²) in [5.74, 6) is -0.0335. The molecule has 2 heteroatoms. The molecule has 2 nitrogen and oxygen atoms in total. The summed E-state index contributed by atoms with van der Waals surface area (Å²) < 4.78 is 5.51. The largest absolute Gasteiger partial charge is 0.454 e. The Morgan fingerprint density at radius 1 is 1.17 bits per heavy atom. The molecule has 0 fully saturated rings. The molecule has 1 aromatic rings. The number of esters is 1. The van der Waals surface area contributed by atoms with Gasteiger partial charge < -0.3 is 4.74 Å². The molecule has 0 saturated carbocycles. The first kappa shape index (κ1) is 12.6. The molecule has 0 radical (unpaired) electrons. The number of hydrogen-bond acceptors (Lipinski definition) is 2. The number of hydrogen-bond donors (Lipinski definition) is 0. The van der Waals surface area contributed by atoms with Gasteiger partial charge in [0.25, 0.3) is 0 Å². The zero-order valence-electron chi connectivity index (χ0n) is 11.0. The van der Waals surface area contributed by atoms with Crippen molar-refractivity contribution < 1.29 is 9.53 Å². The monoisotopic (exact) mass is 242 g/mol. The van der Waals surface area contributed by atoms with Gasteiger partial charge in [0.15, 0.2) is 0 Å². The van der Waals surface area contributed by atoms with Crippen LogP contribution in [0.4, 0.5) is 0 Å². The van der Waals surface area contributed by atoms with Crippen molar-refractivity contribution in [3.8, 4) is 0 Å². The second-order valence-electron chi connectivity index (χ2n) is 4.86. The van der Waals surface area contributed by atoms with Crippen LogP contribution in [0.3, 0.4) is 0 Å². The zero-order valence-corrected chi connectivity index (χ0v) is 11.0. The maximum atomic E-state index is 12.0. The minimum Gasteiger partial charge on any atom is -0.454 e. The molecular weight excluding hydrogens is 224 g/mol. The Morgan fingerprint density at radius 3 is 2.44 bits per heavy atom. The molecule has 2 rings (SSSR count). The Kier molecular flexibility index (Phi) is 3.66. The van der Waals surface area contributed by atoms with E-state index in [0.717, 1.165) is 5.56 Å². The second kappa shape index (κ2) is 5.21. The van der Waals surface area contributed by atoms with Crippen LogP contribution in [0, 0.1) is 12.8 Å². The van der Waals surface area contributed by atoms with E-state index in [1.807, 2.05) is 38.1 Å². The van der Waals surface area contributed by atoms with E-state index in [1.54, 1.807) is 12.1 Å². The molecule has 0 aromatic heterocycles. The molecule has 1 aliphatic carbocycles. The molecule has 0 saturated heterocycles. The van der Waals surface area contributed by atoms with E-state index in [4.69, 9.17) is 4.74 Å². The highest BCUT2D eigenvalue weighted by molar-refractivity contribution is 5.89. The Balaban J connectivity index is 2.04. The second-order valence-corrected chi connectivity index (χ2v) is 4.86. The van der Waals surface area contributed by atoms with Crippen molar-refractivity contribution >= 4 is 5.97 Å². The first-order valence-corrected chi connectivity index (χ1v) is 6.20. The molecule has 2 atom stereocenters. The highest BCUT2D eigenvalue weighted by atomic mass is 16.5. The summed E-state index contributed by atoms with van der Waals surface area (Å²) in [7, 11) is 0. The van der Waals surface area contributed by atoms with Crippen LogP contribution < -0.4 is 0 Å². The van der Waals surface area contributed by atoms with Crippen molar-refractivity contribution in [1.82, 2.24) is 0 Å². The lowest BCUT2D eigenvalue weighted by molar-refractivity contribution is 0.0328. The summed E-state index contributed by atoms with van der Waals surface area (Å²) in [6.07, 6.45) is 5.90. The Morgan fingerprint density at radius 2 is 1.83 bits per heavy atom. The van der Waals surface area contributed by atoms with Gasteiger partial charge in [0.2, 0.25) is 0 Å². The molecule has 2 unspecified atom stereocenters. The smallest absolute Gasteiger partial charge is 0.338 e. The lowest BCUT2D eigenvalue weighted by Gasteiger charge is -2.22. The van der Waals surface area contributed by atoms with Gasteiger partial charge in [-0.3, -0.25) is 0 Å². The maximum absolute atomic E-state index is 12.0. The minimum absolute atomic E-state index is 0.164. The van der Waals surface area contributed by atoms with E-state index < -0.39 is 0 Å². The van der Waals surface area contributed by atoms with Crippen molar-refractivity contribution in [2.45, 2.75) is 26.9 Å². The van der Waals surface area contributed by atoms with Gasteiger partial charge in [0.05, 0.1) is 5.56 Å². The van der Waals surface area contributed by atoms with Crippen LogP contribution in [0.2, 0.25) is 0 Å². The van der Waals surface area contributed by atoms with Crippen molar-refractivity contribution in [3.63, 3.8) is 0 Å². The van der Waals surface area contributed by atoms with Gasteiger partial charge in [0, 0.05) is 5.92 Å². The van der Waals surface area contributed by atoms with Crippen molar-refractivity contribution in [2.24, 2.45) is 5.92 Å². The van der Waals surface area contributed by atoms with Gasteiger partial charge in [-0.15, -0.1) is 0 Å². The van der Waals surface area contributed by atoms with Gasteiger partial charge in [0.1, 0.15) is 6.10 Å². The fraction of sp³-hybridized carbons (Fsp3) is 0.312. The Labute approximate surface area is 108 Å². The quantitative estimate of drug-likeness (QED) is 0.740. The third kappa shape index (κ3) is 2.89. The SMILES string of the molecule is CC1=CC(C)C(OC(=O)c2ccc(C)cc2)C=C1. The first-order valence-electron chi connectivity index (χ1n) is 6.20. The number of rotatable bonds is 2. The average Bonchev–Trinajstić information content (AvgIpc) is 2.33. The highest BCUT2D eigenvalue weighted by Crippen LogP contribution is 2.20. The van der Waals surface area contributed by atoms with E-state index in [-0.39, 0.29) is 18.0 Å². The fourth-order valence-corrected chi connectivity index (χ4v) is 2.01. The summed E-state index contributed by atoms with van der Waals surface area (Å²) >= 11 is 0. The molecule has 1 aromatic carbocycles. The van der Waals surface area contributed by atoms with Crippen LogP contribution in [0.15, 0.2) is 48.1 Å². The number of allylic oxidation sites excluding steroid dienone is 2. The zero-order chi connectivity index (χ0) is 13.1. The van der Waals surface area contributed by atoms with Crippen molar-refractivity contribution in [3.05, 3.63) is 59.2 Å². The van der Waals surface area contributed by atoms with Gasteiger partial charge in [-0.1, -0.05) is 42.3 Å². The predicted octanol–water partition coefficient (Wildman–Crippen LogP) is 3.67. The summed E-state index contributed by atoms with van der Waals surface area (Å²) in [4.78, 5) is 12.0. The van der Waals surface area contributed by atoms with Gasteiger partial charge in [-0.05, 0) is 32.1 Å². The number of aryl methyl sites for hydroxylation is 1. The molecule has 18 heavy (non-hydrogen) atoms. The third-order valence-corrected chi connectivity index (χ3v) is 3.12. The fourth-order valence-electron chi connectivity index (χ4n) is 2.01. The first-order chi connectivity index (χ1) is 8.56. The molecule has 1 aliphatic rings. The van der Waals surface area contributed by atoms with Crippen LogP contribution in [-0.2, 0) is 4.74 Å². The standard InChI is InChI=1S/C16H18O2/c1-11-4-7-14(8-5-11)16(17)18-15-9-6-12(2)10-13(15)3/h4-10,13,15H,1-3H3. The van der Waals surface area contributed by atoms with E-state index in [2.05, 4.69) is 13.0 Å². The van der Waals surface area contributed by atoms with E-state index in [0.29, 0.717) is 5.56 Å². The van der Waals surface area contributed by atoms with Crippen LogP contribution in [0.25, 0.3) is 0 Å². The van der Waals surface area contributed by atoms with Crippen LogP contribution in [0.5, 0.6) is 0 Å². The number of ether oxygens (including phenoxy) is 1. The van der Waals surface area contributed by atoms with Crippen LogP contribution in [-0.4, -0.2) is 12.1 Å². The normalized spacial score (nSPS) is 22.5. The van der Waals surface area contributed by atoms with E-state index in [1.165, 1.54) is 5.57 Å². The molecule has 0 aliphatic heterocycles. The number of benzene rings is 1. The maximum Gasteiger partial charge on any atom is 0.338 e. The third-order valence-electron chi connectivity index (χ3n) is 3.12. The van der Waals surface area contributed by atoms with Crippen molar-refractivity contribution in [1.29, 1.82) is 0 Å². The number of carbonyl (C=O) groups excluding carboxylic acids is 1. The van der Waals surface area contributed by atoms with Gasteiger partial charge in [-0.25, -0.2) is 4.79 Å². The van der Waals surface area contributed by atoms with Gasteiger partial charge in [-0.2, -0.15) is 0 Å². The minimum atomic E-state index is -0.260. The summed E-state index contributed by atoms with van der Waals surface area (Å²) in [6.45, 7) is 6.10. The molecule has 0 amide bonds. The Bertz CT molecular complexity index is 494. The van der Waals surface area contributed by atoms with Crippen molar-refractivity contribution in [2.75, 3.05) is 0 Å². The summed E-state index contributed by atoms with van der Waals surface area (Å²) in [5, 5.41) is 0. The lowest BCUT2D eigenvalue weighted by atomic mass is 9.96. The molecule has 0 heterocycles. The highest BCUT2D eigenvalue weighted by Gasteiger charge is 2.20. The Hall–Kier alpha value is -1.83. The number of carbonyl (C=O) groups is 1. The van der Waals surface area contributed by atoms with E-state index in [9.17, 15) is 4.79 Å². The molecule has 0 spiro atoms. The van der Waals surface area contributed by atoms with E-state index >= 15 is 0 Å². The van der Waals surface area contributed by atoms with Gasteiger partial charge >= 0.3 is 5.97 Å². The predicted molar refractivity (Wildman–Crippen MR) is 72.4 cm³/mol. The van der Waals surface area contributed by atoms with Crippen LogP contribution >= 0.6 is 0 Å².